The maximum atomic E-state index is 13.4. The van der Waals surface area contributed by atoms with Gasteiger partial charge >= 0.3 is 5.97 Å². The van der Waals surface area contributed by atoms with Crippen LogP contribution in [0.4, 0.5) is 13.9 Å². The van der Waals surface area contributed by atoms with Crippen molar-refractivity contribution in [2.45, 2.75) is 20.0 Å². The van der Waals surface area contributed by atoms with Gasteiger partial charge in [0.05, 0.1) is 12.3 Å². The molecule has 0 fully saturated rings. The molecular formula is C22H20F2N2O5S. The van der Waals surface area contributed by atoms with Crippen LogP contribution in [-0.2, 0) is 14.3 Å². The third kappa shape index (κ3) is 6.24. The Bertz CT molecular complexity index is 1090. The lowest BCUT2D eigenvalue weighted by atomic mass is 10.2. The summed E-state index contributed by atoms with van der Waals surface area (Å²) < 4.78 is 42.2. The van der Waals surface area contributed by atoms with Crippen LogP contribution in [0.25, 0.3) is 11.3 Å². The molecule has 32 heavy (non-hydrogen) atoms. The number of halogens is 2. The van der Waals surface area contributed by atoms with E-state index >= 15 is 0 Å². The number of anilines is 1. The predicted molar refractivity (Wildman–Crippen MR) is 115 cm³/mol. The highest BCUT2D eigenvalue weighted by Gasteiger charge is 2.20. The molecule has 7 nitrogen and oxygen atoms in total. The topological polar surface area (TPSA) is 86.8 Å². The molecule has 0 aliphatic carbocycles. The summed E-state index contributed by atoms with van der Waals surface area (Å²) in [5, 5.41) is 4.34. The van der Waals surface area contributed by atoms with Crippen molar-refractivity contribution in [3.8, 4) is 22.8 Å². The quantitative estimate of drug-likeness (QED) is 0.473. The van der Waals surface area contributed by atoms with Crippen LogP contribution < -0.4 is 14.8 Å². The minimum Gasteiger partial charge on any atom is -0.494 e. The number of aromatic nitrogens is 1. The molecule has 1 heterocycles. The average molecular weight is 462 g/mol. The summed E-state index contributed by atoms with van der Waals surface area (Å²) in [5.41, 5.74) is 0.740. The van der Waals surface area contributed by atoms with Gasteiger partial charge in [0.15, 0.2) is 29.5 Å². The lowest BCUT2D eigenvalue weighted by molar-refractivity contribution is -0.155. The van der Waals surface area contributed by atoms with Gasteiger partial charge < -0.3 is 14.2 Å². The first-order valence-electron chi connectivity index (χ1n) is 9.62. The van der Waals surface area contributed by atoms with Crippen LogP contribution in [0.2, 0.25) is 0 Å². The number of nitrogens with zero attached hydrogens (tertiary/aromatic N) is 1. The molecule has 0 aliphatic heterocycles. The number of esters is 1. The van der Waals surface area contributed by atoms with E-state index in [1.54, 1.807) is 29.6 Å². The fourth-order valence-corrected chi connectivity index (χ4v) is 3.27. The van der Waals surface area contributed by atoms with E-state index in [0.29, 0.717) is 29.4 Å². The van der Waals surface area contributed by atoms with E-state index in [4.69, 9.17) is 14.2 Å². The molecule has 1 aromatic heterocycles. The first kappa shape index (κ1) is 23.1. The molecule has 0 saturated heterocycles. The summed E-state index contributed by atoms with van der Waals surface area (Å²) >= 11 is 1.10. The average Bonchev–Trinajstić information content (AvgIpc) is 3.24. The summed E-state index contributed by atoms with van der Waals surface area (Å²) in [6.45, 7) is 3.45. The summed E-state index contributed by atoms with van der Waals surface area (Å²) in [6.07, 6.45) is -1.10. The second-order valence-electron chi connectivity index (χ2n) is 6.48. The molecule has 168 valence electrons. The molecule has 0 spiro atoms. The van der Waals surface area contributed by atoms with E-state index in [1.807, 2.05) is 6.92 Å². The van der Waals surface area contributed by atoms with Gasteiger partial charge in [0.25, 0.3) is 5.91 Å². The minimum absolute atomic E-state index is 0.225. The Kier molecular flexibility index (Phi) is 7.72. The molecule has 1 amide bonds. The Labute approximate surface area is 187 Å². The number of carbonyl (C=O) groups excluding carboxylic acids is 2. The zero-order chi connectivity index (χ0) is 23.1. The van der Waals surface area contributed by atoms with Gasteiger partial charge in [0, 0.05) is 10.9 Å². The molecule has 1 unspecified atom stereocenters. The van der Waals surface area contributed by atoms with Crippen molar-refractivity contribution >= 4 is 28.3 Å². The minimum atomic E-state index is -1.10. The normalized spacial score (nSPS) is 11.5. The lowest BCUT2D eigenvalue weighted by Gasteiger charge is -2.13. The lowest BCUT2D eigenvalue weighted by Crippen LogP contribution is -2.31. The van der Waals surface area contributed by atoms with Gasteiger partial charge in [-0.05, 0) is 56.3 Å². The molecule has 3 rings (SSSR count). The number of rotatable bonds is 9. The van der Waals surface area contributed by atoms with E-state index in [1.165, 1.54) is 13.0 Å². The molecule has 0 bridgehead atoms. The van der Waals surface area contributed by atoms with E-state index < -0.39 is 29.6 Å². The SMILES string of the molecule is CCOc1ccc(OCC(=O)OC(C)C(=O)Nc2nc(-c3ccc(F)c(F)c3)cs2)cc1. The van der Waals surface area contributed by atoms with Crippen molar-refractivity contribution in [3.63, 3.8) is 0 Å². The number of nitrogens with one attached hydrogen (secondary N) is 1. The van der Waals surface area contributed by atoms with Gasteiger partial charge in [-0.1, -0.05) is 0 Å². The summed E-state index contributed by atoms with van der Waals surface area (Å²) in [6, 6.07) is 10.1. The molecule has 0 saturated carbocycles. The van der Waals surface area contributed by atoms with Crippen molar-refractivity contribution in [2.75, 3.05) is 18.5 Å². The smallest absolute Gasteiger partial charge is 0.344 e. The van der Waals surface area contributed by atoms with Gasteiger partial charge in [-0.25, -0.2) is 18.6 Å². The standard InChI is InChI=1S/C22H20F2N2O5S/c1-3-29-15-5-7-16(8-6-15)30-11-20(27)31-13(2)21(28)26-22-25-19(12-32-22)14-4-9-17(23)18(24)10-14/h4-10,12-13H,3,11H2,1-2H3,(H,25,26,28). The van der Waals surface area contributed by atoms with Crippen molar-refractivity contribution in [1.29, 1.82) is 0 Å². The molecule has 0 aliphatic rings. The maximum Gasteiger partial charge on any atom is 0.344 e. The van der Waals surface area contributed by atoms with Gasteiger partial charge in [-0.15, -0.1) is 11.3 Å². The number of hydrogen-bond acceptors (Lipinski definition) is 7. The zero-order valence-corrected chi connectivity index (χ0v) is 18.1. The zero-order valence-electron chi connectivity index (χ0n) is 17.3. The Morgan fingerprint density at radius 3 is 2.41 bits per heavy atom. The van der Waals surface area contributed by atoms with E-state index in [0.717, 1.165) is 23.5 Å². The molecule has 2 aromatic carbocycles. The number of ether oxygens (including phenoxy) is 3. The van der Waals surface area contributed by atoms with Crippen LogP contribution in [-0.4, -0.2) is 36.2 Å². The molecule has 0 radical (unpaired) electrons. The molecule has 3 aromatic rings. The molecule has 1 atom stereocenters. The third-order valence-electron chi connectivity index (χ3n) is 4.12. The fourth-order valence-electron chi connectivity index (χ4n) is 2.55. The van der Waals surface area contributed by atoms with E-state index in [9.17, 15) is 18.4 Å². The van der Waals surface area contributed by atoms with Crippen LogP contribution in [0.1, 0.15) is 13.8 Å². The van der Waals surface area contributed by atoms with Crippen LogP contribution in [0.5, 0.6) is 11.5 Å². The first-order chi connectivity index (χ1) is 15.4. The highest BCUT2D eigenvalue weighted by molar-refractivity contribution is 7.14. The number of hydrogen-bond donors (Lipinski definition) is 1. The number of thiazole rings is 1. The molecule has 10 heteroatoms. The van der Waals surface area contributed by atoms with Crippen molar-refractivity contribution < 1.29 is 32.6 Å². The van der Waals surface area contributed by atoms with E-state index in [2.05, 4.69) is 10.3 Å². The number of carbonyl (C=O) groups is 2. The van der Waals surface area contributed by atoms with Crippen molar-refractivity contribution in [2.24, 2.45) is 0 Å². The van der Waals surface area contributed by atoms with Crippen molar-refractivity contribution in [3.05, 3.63) is 59.5 Å². The Morgan fingerprint density at radius 1 is 1.06 bits per heavy atom. The largest absolute Gasteiger partial charge is 0.494 e. The fraction of sp³-hybridized carbons (Fsp3) is 0.227. The summed E-state index contributed by atoms with van der Waals surface area (Å²) in [4.78, 5) is 28.4. The van der Waals surface area contributed by atoms with Gasteiger partial charge in [-0.2, -0.15) is 0 Å². The Morgan fingerprint density at radius 2 is 1.75 bits per heavy atom. The van der Waals surface area contributed by atoms with Crippen LogP contribution in [0.3, 0.4) is 0 Å². The van der Waals surface area contributed by atoms with Crippen LogP contribution >= 0.6 is 11.3 Å². The Hall–Kier alpha value is -3.53. The highest BCUT2D eigenvalue weighted by Crippen LogP contribution is 2.26. The maximum absolute atomic E-state index is 13.4. The molecule has 1 N–H and O–H groups in total. The van der Waals surface area contributed by atoms with E-state index in [-0.39, 0.29) is 11.7 Å². The predicted octanol–water partition coefficient (Wildman–Crippen LogP) is 4.44. The highest BCUT2D eigenvalue weighted by atomic mass is 32.1. The van der Waals surface area contributed by atoms with Crippen molar-refractivity contribution in [1.82, 2.24) is 4.98 Å². The number of benzene rings is 2. The van der Waals surface area contributed by atoms with Crippen LogP contribution in [0, 0.1) is 11.6 Å². The summed E-state index contributed by atoms with van der Waals surface area (Å²) in [7, 11) is 0. The second kappa shape index (κ2) is 10.7. The van der Waals surface area contributed by atoms with Crippen LogP contribution in [0.15, 0.2) is 47.8 Å². The van der Waals surface area contributed by atoms with Gasteiger partial charge in [0.1, 0.15) is 11.5 Å². The second-order valence-corrected chi connectivity index (χ2v) is 7.34. The van der Waals surface area contributed by atoms with Gasteiger partial charge in [0.2, 0.25) is 0 Å². The third-order valence-corrected chi connectivity index (χ3v) is 4.88. The first-order valence-corrected chi connectivity index (χ1v) is 10.5. The number of amides is 1. The monoisotopic (exact) mass is 462 g/mol. The molecular weight excluding hydrogens is 442 g/mol. The van der Waals surface area contributed by atoms with Gasteiger partial charge in [-0.3, -0.25) is 10.1 Å². The summed E-state index contributed by atoms with van der Waals surface area (Å²) in [5.74, 6) is -2.12. The Balaban J connectivity index is 1.48.